The van der Waals surface area contributed by atoms with Crippen LogP contribution in [0.2, 0.25) is 0 Å². The quantitative estimate of drug-likeness (QED) is 0.455. The van der Waals surface area contributed by atoms with Crippen molar-refractivity contribution in [3.8, 4) is 11.5 Å². The van der Waals surface area contributed by atoms with E-state index >= 15 is 0 Å². The molecule has 0 radical (unpaired) electrons. The van der Waals surface area contributed by atoms with Crippen molar-refractivity contribution < 1.29 is 14.3 Å². The smallest absolute Gasteiger partial charge is 0.271 e. The van der Waals surface area contributed by atoms with Crippen molar-refractivity contribution in [3.05, 3.63) is 57.2 Å². The second-order valence-corrected chi connectivity index (χ2v) is 5.96. The molecule has 0 aliphatic carbocycles. The van der Waals surface area contributed by atoms with Crippen molar-refractivity contribution in [2.75, 3.05) is 14.2 Å². The second-order valence-electron chi connectivity index (χ2n) is 4.71. The standard InChI is InChI=1S/C17H17IN2O3/c1-11(12-4-7-14(18)8-5-12)19-20-17(21)13-6-9-15(22-2)16(10-13)23-3/h4-10H,1-3H3,(H,20,21)/b19-11-. The molecule has 1 N–H and O–H groups in total. The summed E-state index contributed by atoms with van der Waals surface area (Å²) < 4.78 is 11.5. The molecular weight excluding hydrogens is 407 g/mol. The molecule has 0 spiro atoms. The van der Waals surface area contributed by atoms with Crippen molar-refractivity contribution in [2.45, 2.75) is 6.92 Å². The second kappa shape index (κ2) is 7.96. The molecule has 0 atom stereocenters. The number of nitrogens with zero attached hydrogens (tertiary/aromatic N) is 1. The summed E-state index contributed by atoms with van der Waals surface area (Å²) in [5.74, 6) is 0.761. The molecule has 2 aromatic rings. The highest BCUT2D eigenvalue weighted by molar-refractivity contribution is 14.1. The van der Waals surface area contributed by atoms with E-state index in [0.717, 1.165) is 14.8 Å². The molecule has 0 saturated heterocycles. The van der Waals surface area contributed by atoms with Gasteiger partial charge in [-0.3, -0.25) is 4.79 Å². The Morgan fingerprint density at radius 1 is 1.00 bits per heavy atom. The van der Waals surface area contributed by atoms with E-state index in [-0.39, 0.29) is 5.91 Å². The van der Waals surface area contributed by atoms with Gasteiger partial charge in [0, 0.05) is 9.13 Å². The van der Waals surface area contributed by atoms with Crippen LogP contribution in [0, 0.1) is 3.57 Å². The van der Waals surface area contributed by atoms with Crippen LogP contribution in [0.1, 0.15) is 22.8 Å². The highest BCUT2D eigenvalue weighted by Crippen LogP contribution is 2.27. The number of benzene rings is 2. The minimum absolute atomic E-state index is 0.309. The summed E-state index contributed by atoms with van der Waals surface area (Å²) in [7, 11) is 3.07. The maximum Gasteiger partial charge on any atom is 0.271 e. The first-order valence-corrected chi connectivity index (χ1v) is 7.95. The molecule has 23 heavy (non-hydrogen) atoms. The zero-order chi connectivity index (χ0) is 16.8. The Morgan fingerprint density at radius 3 is 2.22 bits per heavy atom. The molecule has 0 bridgehead atoms. The molecule has 0 heterocycles. The number of hydrogen-bond acceptors (Lipinski definition) is 4. The number of ether oxygens (including phenoxy) is 2. The number of rotatable bonds is 5. The van der Waals surface area contributed by atoms with Crippen LogP contribution < -0.4 is 14.9 Å². The number of hydrazone groups is 1. The van der Waals surface area contributed by atoms with Crippen LogP contribution in [-0.2, 0) is 0 Å². The lowest BCUT2D eigenvalue weighted by atomic mass is 10.1. The first-order chi connectivity index (χ1) is 11.0. The summed E-state index contributed by atoms with van der Waals surface area (Å²) in [6.45, 7) is 1.84. The van der Waals surface area contributed by atoms with Gasteiger partial charge < -0.3 is 9.47 Å². The predicted octanol–water partition coefficient (Wildman–Crippen LogP) is 3.46. The van der Waals surface area contributed by atoms with Gasteiger partial charge in [-0.2, -0.15) is 5.10 Å². The molecule has 2 aromatic carbocycles. The average molecular weight is 424 g/mol. The van der Waals surface area contributed by atoms with E-state index in [9.17, 15) is 4.79 Å². The van der Waals surface area contributed by atoms with Crippen LogP contribution in [0.15, 0.2) is 47.6 Å². The Labute approximate surface area is 148 Å². The zero-order valence-corrected chi connectivity index (χ0v) is 15.2. The van der Waals surface area contributed by atoms with Crippen LogP contribution in [0.5, 0.6) is 11.5 Å². The van der Waals surface area contributed by atoms with Gasteiger partial charge in [0.05, 0.1) is 19.9 Å². The third kappa shape index (κ3) is 4.44. The highest BCUT2D eigenvalue weighted by Gasteiger charge is 2.10. The van der Waals surface area contributed by atoms with Gasteiger partial charge in [0.25, 0.3) is 5.91 Å². The third-order valence-electron chi connectivity index (χ3n) is 3.23. The molecule has 2 rings (SSSR count). The minimum Gasteiger partial charge on any atom is -0.493 e. The summed E-state index contributed by atoms with van der Waals surface area (Å²) in [4.78, 5) is 12.2. The first kappa shape index (κ1) is 17.3. The molecule has 0 saturated carbocycles. The molecule has 120 valence electrons. The molecular formula is C17H17IN2O3. The number of hydrogen-bond donors (Lipinski definition) is 1. The van der Waals surface area contributed by atoms with Gasteiger partial charge >= 0.3 is 0 Å². The third-order valence-corrected chi connectivity index (χ3v) is 3.95. The predicted molar refractivity (Wildman–Crippen MR) is 98.4 cm³/mol. The van der Waals surface area contributed by atoms with Gasteiger partial charge in [-0.25, -0.2) is 5.43 Å². The lowest BCUT2D eigenvalue weighted by molar-refractivity contribution is 0.0954. The van der Waals surface area contributed by atoms with E-state index in [2.05, 4.69) is 33.1 Å². The lowest BCUT2D eigenvalue weighted by Gasteiger charge is -2.09. The van der Waals surface area contributed by atoms with E-state index in [4.69, 9.17) is 9.47 Å². The summed E-state index contributed by atoms with van der Waals surface area (Å²) in [6.07, 6.45) is 0. The fourth-order valence-corrected chi connectivity index (χ4v) is 2.29. The Kier molecular flexibility index (Phi) is 5.97. The Bertz CT molecular complexity index is 727. The largest absolute Gasteiger partial charge is 0.493 e. The number of halogens is 1. The zero-order valence-electron chi connectivity index (χ0n) is 13.1. The number of amides is 1. The van der Waals surface area contributed by atoms with Crippen molar-refractivity contribution in [1.29, 1.82) is 0 Å². The van der Waals surface area contributed by atoms with Gasteiger partial charge in [-0.05, 0) is 65.4 Å². The van der Waals surface area contributed by atoms with Gasteiger partial charge in [0.1, 0.15) is 0 Å². The first-order valence-electron chi connectivity index (χ1n) is 6.87. The van der Waals surface area contributed by atoms with E-state index in [1.807, 2.05) is 31.2 Å². The number of carbonyl (C=O) groups excluding carboxylic acids is 1. The van der Waals surface area contributed by atoms with Crippen LogP contribution in [0.25, 0.3) is 0 Å². The van der Waals surface area contributed by atoms with Crippen LogP contribution in [0.4, 0.5) is 0 Å². The summed E-state index contributed by atoms with van der Waals surface area (Å²) in [5, 5.41) is 4.14. The average Bonchev–Trinajstić information content (AvgIpc) is 2.59. The van der Waals surface area contributed by atoms with E-state index in [1.165, 1.54) is 7.11 Å². The molecule has 0 aliphatic rings. The van der Waals surface area contributed by atoms with Crippen molar-refractivity contribution in [3.63, 3.8) is 0 Å². The summed E-state index contributed by atoms with van der Waals surface area (Å²) >= 11 is 2.24. The fraction of sp³-hybridized carbons (Fsp3) is 0.176. The van der Waals surface area contributed by atoms with Gasteiger partial charge in [-0.1, -0.05) is 12.1 Å². The molecule has 0 aromatic heterocycles. The van der Waals surface area contributed by atoms with Crippen LogP contribution in [0.3, 0.4) is 0 Å². The highest BCUT2D eigenvalue weighted by atomic mass is 127. The van der Waals surface area contributed by atoms with Gasteiger partial charge in [0.15, 0.2) is 11.5 Å². The van der Waals surface area contributed by atoms with Crippen molar-refractivity contribution in [1.82, 2.24) is 5.43 Å². The van der Waals surface area contributed by atoms with Crippen molar-refractivity contribution in [2.24, 2.45) is 5.10 Å². The van der Waals surface area contributed by atoms with Crippen molar-refractivity contribution >= 4 is 34.2 Å². The molecule has 6 heteroatoms. The molecule has 0 aliphatic heterocycles. The normalized spacial score (nSPS) is 11.0. The summed E-state index contributed by atoms with van der Waals surface area (Å²) in [5.41, 5.74) is 4.69. The van der Waals surface area contributed by atoms with Crippen LogP contribution in [-0.4, -0.2) is 25.8 Å². The van der Waals surface area contributed by atoms with Gasteiger partial charge in [0.2, 0.25) is 0 Å². The van der Waals surface area contributed by atoms with E-state index in [1.54, 1.807) is 25.3 Å². The van der Waals surface area contributed by atoms with Crippen LogP contribution >= 0.6 is 22.6 Å². The molecule has 5 nitrogen and oxygen atoms in total. The fourth-order valence-electron chi connectivity index (χ4n) is 1.93. The van der Waals surface area contributed by atoms with E-state index in [0.29, 0.717) is 17.1 Å². The summed E-state index contributed by atoms with van der Waals surface area (Å²) in [6, 6.07) is 12.9. The Morgan fingerprint density at radius 2 is 1.61 bits per heavy atom. The SMILES string of the molecule is COc1ccc(C(=O)N/N=C(/C)c2ccc(I)cc2)cc1OC. The maximum atomic E-state index is 12.2. The number of carbonyl (C=O) groups is 1. The monoisotopic (exact) mass is 424 g/mol. The molecule has 0 unspecified atom stereocenters. The minimum atomic E-state index is -0.309. The number of methoxy groups -OCH3 is 2. The topological polar surface area (TPSA) is 59.9 Å². The Hall–Kier alpha value is -2.09. The molecule has 1 amide bonds. The number of nitrogens with one attached hydrogen (secondary N) is 1. The lowest BCUT2D eigenvalue weighted by Crippen LogP contribution is -2.19. The maximum absolute atomic E-state index is 12.2. The van der Waals surface area contributed by atoms with Gasteiger partial charge in [-0.15, -0.1) is 0 Å². The van der Waals surface area contributed by atoms with E-state index < -0.39 is 0 Å². The molecule has 0 fully saturated rings. The Balaban J connectivity index is 2.12.